The number of primary amides is 1. The Bertz CT molecular complexity index is 1100. The van der Waals surface area contributed by atoms with Crippen molar-refractivity contribution in [3.05, 3.63) is 69.3 Å². The number of amides is 2. The predicted molar refractivity (Wildman–Crippen MR) is 127 cm³/mol. The molecule has 1 fully saturated rings. The molecular formula is C23H24ClN5O2S. The van der Waals surface area contributed by atoms with E-state index >= 15 is 0 Å². The molecule has 1 aliphatic rings. The maximum Gasteiger partial charge on any atom is 0.230 e. The van der Waals surface area contributed by atoms with E-state index in [9.17, 15) is 9.59 Å². The van der Waals surface area contributed by atoms with Crippen LogP contribution >= 0.6 is 22.9 Å². The number of nitrogens with one attached hydrogen (secondary N) is 1. The molecule has 32 heavy (non-hydrogen) atoms. The van der Waals surface area contributed by atoms with Gasteiger partial charge in [0.2, 0.25) is 11.8 Å². The molecule has 1 saturated heterocycles. The molecule has 0 radical (unpaired) electrons. The van der Waals surface area contributed by atoms with E-state index in [0.717, 1.165) is 41.5 Å². The summed E-state index contributed by atoms with van der Waals surface area (Å²) in [6, 6.07) is 11.4. The van der Waals surface area contributed by atoms with Crippen LogP contribution in [-0.4, -0.2) is 34.9 Å². The predicted octanol–water partition coefficient (Wildman–Crippen LogP) is 3.67. The van der Waals surface area contributed by atoms with Gasteiger partial charge in [0.25, 0.3) is 0 Å². The highest BCUT2D eigenvalue weighted by Gasteiger charge is 2.24. The third-order valence-electron chi connectivity index (χ3n) is 5.36. The molecule has 1 aromatic carbocycles. The first kappa shape index (κ1) is 22.2. The van der Waals surface area contributed by atoms with Crippen molar-refractivity contribution < 1.29 is 9.59 Å². The second kappa shape index (κ2) is 10.1. The highest BCUT2D eigenvalue weighted by molar-refractivity contribution is 7.09. The van der Waals surface area contributed by atoms with Crippen LogP contribution in [0.15, 0.2) is 48.0 Å². The number of hydrogen-bond donors (Lipinski definition) is 2. The molecule has 7 nitrogen and oxygen atoms in total. The summed E-state index contributed by atoms with van der Waals surface area (Å²) in [5, 5.41) is 6.42. The van der Waals surface area contributed by atoms with Crippen molar-refractivity contribution in [3.63, 3.8) is 0 Å². The second-order valence-corrected chi connectivity index (χ2v) is 9.24. The Morgan fingerprint density at radius 1 is 1.28 bits per heavy atom. The molecule has 1 atom stereocenters. The smallest absolute Gasteiger partial charge is 0.230 e. The molecule has 4 rings (SSSR count). The lowest BCUT2D eigenvalue weighted by atomic mass is 9.97. The van der Waals surface area contributed by atoms with Crippen molar-refractivity contribution >= 4 is 46.3 Å². The Hall–Kier alpha value is -2.97. The minimum Gasteiger partial charge on any atom is -0.369 e. The average Bonchev–Trinajstić information content (AvgIpc) is 3.20. The van der Waals surface area contributed by atoms with Gasteiger partial charge >= 0.3 is 0 Å². The van der Waals surface area contributed by atoms with E-state index in [0.29, 0.717) is 23.7 Å². The minimum absolute atomic E-state index is 0.146. The SMILES string of the molecule is NC(=O)C1CCCN(c2ccc(NC(=O)Cc3csc(Cc4cccc(Cl)c4)n3)cn2)C1. The van der Waals surface area contributed by atoms with Crippen LogP contribution in [0, 0.1) is 5.92 Å². The first-order valence-electron chi connectivity index (χ1n) is 10.4. The molecule has 1 aliphatic heterocycles. The van der Waals surface area contributed by atoms with Crippen LogP contribution in [0.1, 0.15) is 29.1 Å². The topological polar surface area (TPSA) is 101 Å². The fourth-order valence-electron chi connectivity index (χ4n) is 3.77. The summed E-state index contributed by atoms with van der Waals surface area (Å²) < 4.78 is 0. The number of benzene rings is 1. The quantitative estimate of drug-likeness (QED) is 0.549. The molecule has 2 amide bonds. The summed E-state index contributed by atoms with van der Waals surface area (Å²) in [5.74, 6) is 0.216. The zero-order valence-corrected chi connectivity index (χ0v) is 19.0. The number of thiazole rings is 1. The highest BCUT2D eigenvalue weighted by atomic mass is 35.5. The van der Waals surface area contributed by atoms with Crippen LogP contribution in [-0.2, 0) is 22.4 Å². The van der Waals surface area contributed by atoms with Crippen molar-refractivity contribution in [2.24, 2.45) is 11.7 Å². The number of nitrogens with zero attached hydrogens (tertiary/aromatic N) is 3. The Labute approximate surface area is 195 Å². The summed E-state index contributed by atoms with van der Waals surface area (Å²) in [4.78, 5) is 35.0. The van der Waals surface area contributed by atoms with E-state index in [1.165, 1.54) is 11.3 Å². The van der Waals surface area contributed by atoms with Crippen LogP contribution in [0.4, 0.5) is 11.5 Å². The number of anilines is 2. The van der Waals surface area contributed by atoms with E-state index in [1.807, 2.05) is 41.8 Å². The number of hydrogen-bond acceptors (Lipinski definition) is 6. The van der Waals surface area contributed by atoms with Gasteiger partial charge in [-0.05, 0) is 42.7 Å². The van der Waals surface area contributed by atoms with Gasteiger partial charge in [-0.3, -0.25) is 9.59 Å². The molecule has 166 valence electrons. The molecule has 2 aromatic heterocycles. The van der Waals surface area contributed by atoms with Crippen LogP contribution in [0.3, 0.4) is 0 Å². The fourth-order valence-corrected chi connectivity index (χ4v) is 4.81. The number of carbonyl (C=O) groups is 2. The van der Waals surface area contributed by atoms with Gasteiger partial charge in [-0.25, -0.2) is 9.97 Å². The lowest BCUT2D eigenvalue weighted by Gasteiger charge is -2.32. The molecule has 1 unspecified atom stereocenters. The Morgan fingerprint density at radius 2 is 2.16 bits per heavy atom. The molecule has 0 saturated carbocycles. The fraction of sp³-hybridized carbons (Fsp3) is 0.304. The van der Waals surface area contributed by atoms with Crippen LogP contribution in [0.25, 0.3) is 0 Å². The summed E-state index contributed by atoms with van der Waals surface area (Å²) >= 11 is 7.57. The van der Waals surface area contributed by atoms with Crippen LogP contribution < -0.4 is 16.0 Å². The Balaban J connectivity index is 1.31. The van der Waals surface area contributed by atoms with E-state index in [4.69, 9.17) is 17.3 Å². The van der Waals surface area contributed by atoms with Gasteiger partial charge in [0.1, 0.15) is 5.82 Å². The number of piperidine rings is 1. The van der Waals surface area contributed by atoms with Crippen molar-refractivity contribution in [1.82, 2.24) is 9.97 Å². The first-order valence-corrected chi connectivity index (χ1v) is 11.7. The maximum atomic E-state index is 12.4. The lowest BCUT2D eigenvalue weighted by molar-refractivity contribution is -0.122. The Kier molecular flexibility index (Phi) is 7.02. The third kappa shape index (κ3) is 5.83. The van der Waals surface area contributed by atoms with Crippen molar-refractivity contribution in [1.29, 1.82) is 0 Å². The van der Waals surface area contributed by atoms with Crippen molar-refractivity contribution in [3.8, 4) is 0 Å². The molecule has 9 heteroatoms. The summed E-state index contributed by atoms with van der Waals surface area (Å²) in [5.41, 5.74) is 7.90. The van der Waals surface area contributed by atoms with E-state index in [2.05, 4.69) is 20.2 Å². The standard InChI is InChI=1S/C23H24ClN5O2S/c24-17-5-1-3-15(9-17)10-22-28-19(14-32-22)11-21(30)27-18-6-7-20(26-12-18)29-8-2-4-16(13-29)23(25)31/h1,3,5-7,9,12,14,16H,2,4,8,10-11,13H2,(H2,25,31)(H,27,30). The lowest BCUT2D eigenvalue weighted by Crippen LogP contribution is -2.41. The monoisotopic (exact) mass is 469 g/mol. The van der Waals surface area contributed by atoms with Gasteiger partial charge in [-0.2, -0.15) is 0 Å². The van der Waals surface area contributed by atoms with Crippen LogP contribution in [0.2, 0.25) is 5.02 Å². The minimum atomic E-state index is -0.267. The molecule has 3 aromatic rings. The zero-order valence-electron chi connectivity index (χ0n) is 17.5. The number of carbonyl (C=O) groups excluding carboxylic acids is 2. The van der Waals surface area contributed by atoms with E-state index in [1.54, 1.807) is 6.20 Å². The highest BCUT2D eigenvalue weighted by Crippen LogP contribution is 2.23. The normalized spacial score (nSPS) is 16.0. The molecule has 0 bridgehead atoms. The van der Waals surface area contributed by atoms with Gasteiger partial charge in [-0.15, -0.1) is 11.3 Å². The maximum absolute atomic E-state index is 12.4. The molecule has 3 heterocycles. The summed E-state index contributed by atoms with van der Waals surface area (Å²) in [7, 11) is 0. The number of aromatic nitrogens is 2. The first-order chi connectivity index (χ1) is 15.5. The van der Waals surface area contributed by atoms with Gasteiger partial charge in [-0.1, -0.05) is 23.7 Å². The summed E-state index contributed by atoms with van der Waals surface area (Å²) in [6.07, 6.45) is 4.23. The zero-order chi connectivity index (χ0) is 22.5. The van der Waals surface area contributed by atoms with Crippen LogP contribution in [0.5, 0.6) is 0 Å². The van der Waals surface area contributed by atoms with E-state index < -0.39 is 0 Å². The number of pyridine rings is 1. The van der Waals surface area contributed by atoms with Gasteiger partial charge in [0, 0.05) is 29.9 Å². The van der Waals surface area contributed by atoms with Crippen molar-refractivity contribution in [2.45, 2.75) is 25.7 Å². The molecule has 3 N–H and O–H groups in total. The second-order valence-electron chi connectivity index (χ2n) is 7.86. The molecule has 0 aliphatic carbocycles. The summed E-state index contributed by atoms with van der Waals surface area (Å²) in [6.45, 7) is 1.42. The number of nitrogens with two attached hydrogens (primary N) is 1. The third-order valence-corrected chi connectivity index (χ3v) is 6.50. The number of halogens is 1. The Morgan fingerprint density at radius 3 is 2.91 bits per heavy atom. The average molecular weight is 470 g/mol. The molecule has 0 spiro atoms. The molecular weight excluding hydrogens is 446 g/mol. The van der Waals surface area contributed by atoms with Gasteiger partial charge < -0.3 is 16.0 Å². The largest absolute Gasteiger partial charge is 0.369 e. The van der Waals surface area contributed by atoms with E-state index in [-0.39, 0.29) is 24.2 Å². The number of rotatable bonds is 7. The van der Waals surface area contributed by atoms with Gasteiger partial charge in [0.05, 0.1) is 34.9 Å². The van der Waals surface area contributed by atoms with Gasteiger partial charge in [0.15, 0.2) is 0 Å². The van der Waals surface area contributed by atoms with Crippen molar-refractivity contribution in [2.75, 3.05) is 23.3 Å².